The van der Waals surface area contributed by atoms with Crippen molar-refractivity contribution in [2.75, 3.05) is 23.3 Å². The highest BCUT2D eigenvalue weighted by Crippen LogP contribution is 2.26. The lowest BCUT2D eigenvalue weighted by atomic mass is 10.1. The molecule has 3 rings (SSSR count). The monoisotopic (exact) mass is 324 g/mol. The average molecular weight is 324 g/mol. The van der Waals surface area contributed by atoms with Gasteiger partial charge < -0.3 is 10.2 Å². The molecular weight excluding hydrogens is 296 g/mol. The van der Waals surface area contributed by atoms with Crippen molar-refractivity contribution in [3.63, 3.8) is 0 Å². The van der Waals surface area contributed by atoms with Crippen LogP contribution in [0, 0.1) is 13.8 Å². The van der Waals surface area contributed by atoms with Gasteiger partial charge >= 0.3 is 0 Å². The third-order valence-electron chi connectivity index (χ3n) is 4.72. The van der Waals surface area contributed by atoms with Gasteiger partial charge in [0.15, 0.2) is 0 Å². The fourth-order valence-corrected chi connectivity index (χ4v) is 3.36. The van der Waals surface area contributed by atoms with Gasteiger partial charge in [0.1, 0.15) is 5.82 Å². The minimum atomic E-state index is 0.867. The minimum Gasteiger partial charge on any atom is -0.341 e. The van der Waals surface area contributed by atoms with Crippen molar-refractivity contribution >= 4 is 17.5 Å². The largest absolute Gasteiger partial charge is 0.341 e. The second-order valence-electron chi connectivity index (χ2n) is 6.68. The van der Waals surface area contributed by atoms with Crippen molar-refractivity contribution in [1.29, 1.82) is 0 Å². The van der Waals surface area contributed by atoms with Crippen molar-refractivity contribution in [3.05, 3.63) is 41.1 Å². The molecule has 4 nitrogen and oxygen atoms in total. The van der Waals surface area contributed by atoms with E-state index in [2.05, 4.69) is 47.2 Å². The van der Waals surface area contributed by atoms with E-state index in [0.717, 1.165) is 37.0 Å². The molecule has 0 atom stereocenters. The highest BCUT2D eigenvalue weighted by molar-refractivity contribution is 5.65. The van der Waals surface area contributed by atoms with Crippen LogP contribution in [-0.4, -0.2) is 23.1 Å². The quantitative estimate of drug-likeness (QED) is 0.878. The summed E-state index contributed by atoms with van der Waals surface area (Å²) in [7, 11) is 0. The first kappa shape index (κ1) is 16.7. The van der Waals surface area contributed by atoms with E-state index in [-0.39, 0.29) is 0 Å². The molecule has 4 heteroatoms. The summed E-state index contributed by atoms with van der Waals surface area (Å²) in [5, 5.41) is 3.55. The molecule has 0 bridgehead atoms. The molecule has 0 aliphatic carbocycles. The summed E-state index contributed by atoms with van der Waals surface area (Å²) in [6.07, 6.45) is 6.11. The Morgan fingerprint density at radius 1 is 1.04 bits per heavy atom. The van der Waals surface area contributed by atoms with Crippen LogP contribution in [0.5, 0.6) is 0 Å². The Bertz CT molecular complexity index is 688. The van der Waals surface area contributed by atoms with Crippen LogP contribution < -0.4 is 10.2 Å². The Morgan fingerprint density at radius 3 is 2.50 bits per heavy atom. The van der Waals surface area contributed by atoms with E-state index in [0.29, 0.717) is 0 Å². The van der Waals surface area contributed by atoms with E-state index in [4.69, 9.17) is 4.98 Å². The maximum atomic E-state index is 4.81. The lowest BCUT2D eigenvalue weighted by molar-refractivity contribution is 0.726. The maximum Gasteiger partial charge on any atom is 0.227 e. The van der Waals surface area contributed by atoms with E-state index in [1.165, 1.54) is 42.5 Å². The van der Waals surface area contributed by atoms with Crippen LogP contribution in [0.15, 0.2) is 24.3 Å². The molecule has 24 heavy (non-hydrogen) atoms. The van der Waals surface area contributed by atoms with E-state index in [1.807, 2.05) is 13.0 Å². The van der Waals surface area contributed by atoms with Crippen molar-refractivity contribution in [1.82, 2.24) is 9.97 Å². The molecule has 1 saturated heterocycles. The Labute approximate surface area is 145 Å². The summed E-state index contributed by atoms with van der Waals surface area (Å²) >= 11 is 0. The number of anilines is 3. The molecule has 1 fully saturated rings. The second-order valence-corrected chi connectivity index (χ2v) is 6.68. The molecule has 0 unspecified atom stereocenters. The molecule has 1 aromatic heterocycles. The lowest BCUT2D eigenvalue weighted by Gasteiger charge is -2.22. The van der Waals surface area contributed by atoms with Gasteiger partial charge in [0.2, 0.25) is 5.95 Å². The summed E-state index contributed by atoms with van der Waals surface area (Å²) in [4.78, 5) is 11.8. The fourth-order valence-electron chi connectivity index (χ4n) is 3.36. The second kappa shape index (κ2) is 7.65. The first-order valence-corrected chi connectivity index (χ1v) is 9.13. The zero-order valence-corrected chi connectivity index (χ0v) is 15.1. The van der Waals surface area contributed by atoms with Gasteiger partial charge in [-0.2, -0.15) is 4.98 Å². The number of hydrogen-bond donors (Lipinski definition) is 1. The van der Waals surface area contributed by atoms with Crippen LogP contribution in [0.4, 0.5) is 17.5 Å². The van der Waals surface area contributed by atoms with Gasteiger partial charge in [0.25, 0.3) is 0 Å². The summed E-state index contributed by atoms with van der Waals surface area (Å²) in [6.45, 7) is 8.51. The molecule has 128 valence electrons. The van der Waals surface area contributed by atoms with Gasteiger partial charge in [-0.15, -0.1) is 0 Å². The third-order valence-corrected chi connectivity index (χ3v) is 4.72. The first-order chi connectivity index (χ1) is 11.7. The number of para-hydroxylation sites is 1. The van der Waals surface area contributed by atoms with Crippen LogP contribution in [0.1, 0.15) is 49.4 Å². The lowest BCUT2D eigenvalue weighted by Crippen LogP contribution is -2.26. The predicted octanol–water partition coefficient (Wildman–Crippen LogP) is 4.78. The van der Waals surface area contributed by atoms with Gasteiger partial charge in [-0.3, -0.25) is 0 Å². The zero-order chi connectivity index (χ0) is 16.9. The Kier molecular flexibility index (Phi) is 5.34. The Hall–Kier alpha value is -2.10. The fraction of sp³-hybridized carbons (Fsp3) is 0.500. The summed E-state index contributed by atoms with van der Waals surface area (Å²) in [5.41, 5.74) is 4.77. The molecule has 1 aromatic carbocycles. The highest BCUT2D eigenvalue weighted by atomic mass is 15.3. The maximum absolute atomic E-state index is 4.81. The number of aryl methyl sites for hydroxylation is 3. The first-order valence-electron chi connectivity index (χ1n) is 9.13. The molecule has 0 saturated carbocycles. The van der Waals surface area contributed by atoms with Crippen LogP contribution in [0.25, 0.3) is 0 Å². The number of nitrogens with zero attached hydrogens (tertiary/aromatic N) is 3. The van der Waals surface area contributed by atoms with Gasteiger partial charge in [0, 0.05) is 30.5 Å². The standard InChI is InChI=1S/C20H28N4/c1-4-17-11-9-10-15(2)19(17)22-18-14-16(3)21-20(23-18)24-12-7-5-6-8-13-24/h9-11,14H,4-8,12-13H2,1-3H3,(H,21,22,23). The Balaban J connectivity index is 1.89. The third kappa shape index (κ3) is 3.86. The molecule has 1 aliphatic rings. The summed E-state index contributed by atoms with van der Waals surface area (Å²) in [5.74, 6) is 1.76. The average Bonchev–Trinajstić information content (AvgIpc) is 2.85. The van der Waals surface area contributed by atoms with E-state index < -0.39 is 0 Å². The Morgan fingerprint density at radius 2 is 1.79 bits per heavy atom. The van der Waals surface area contributed by atoms with Crippen LogP contribution in [0.3, 0.4) is 0 Å². The van der Waals surface area contributed by atoms with Crippen molar-refractivity contribution in [3.8, 4) is 0 Å². The van der Waals surface area contributed by atoms with E-state index in [1.54, 1.807) is 0 Å². The molecule has 0 amide bonds. The van der Waals surface area contributed by atoms with E-state index in [9.17, 15) is 0 Å². The topological polar surface area (TPSA) is 41.1 Å². The van der Waals surface area contributed by atoms with Crippen molar-refractivity contribution in [2.24, 2.45) is 0 Å². The number of rotatable bonds is 4. The van der Waals surface area contributed by atoms with E-state index >= 15 is 0 Å². The molecule has 0 radical (unpaired) electrons. The highest BCUT2D eigenvalue weighted by Gasteiger charge is 2.14. The SMILES string of the molecule is CCc1cccc(C)c1Nc1cc(C)nc(N2CCCCCC2)n1. The number of aromatic nitrogens is 2. The van der Waals surface area contributed by atoms with Gasteiger partial charge in [-0.1, -0.05) is 38.0 Å². The predicted molar refractivity (Wildman–Crippen MR) is 101 cm³/mol. The molecular formula is C20H28N4. The molecule has 2 aromatic rings. The number of nitrogens with one attached hydrogen (secondary N) is 1. The number of hydrogen-bond acceptors (Lipinski definition) is 4. The molecule has 1 aliphatic heterocycles. The smallest absolute Gasteiger partial charge is 0.227 e. The summed E-state index contributed by atoms with van der Waals surface area (Å²) < 4.78 is 0. The van der Waals surface area contributed by atoms with Crippen LogP contribution >= 0.6 is 0 Å². The molecule has 1 N–H and O–H groups in total. The van der Waals surface area contributed by atoms with Gasteiger partial charge in [-0.05, 0) is 44.2 Å². The van der Waals surface area contributed by atoms with Crippen molar-refractivity contribution < 1.29 is 0 Å². The normalized spacial score (nSPS) is 15.2. The molecule has 2 heterocycles. The van der Waals surface area contributed by atoms with Gasteiger partial charge in [0.05, 0.1) is 0 Å². The minimum absolute atomic E-state index is 0.867. The number of benzene rings is 1. The van der Waals surface area contributed by atoms with Crippen LogP contribution in [0.2, 0.25) is 0 Å². The van der Waals surface area contributed by atoms with Crippen molar-refractivity contribution in [2.45, 2.75) is 52.9 Å². The summed E-state index contributed by atoms with van der Waals surface area (Å²) in [6, 6.07) is 8.48. The van der Waals surface area contributed by atoms with Gasteiger partial charge in [-0.25, -0.2) is 4.98 Å². The zero-order valence-electron chi connectivity index (χ0n) is 15.1. The van der Waals surface area contributed by atoms with Crippen LogP contribution in [-0.2, 0) is 6.42 Å². The molecule has 0 spiro atoms.